The first-order valence-corrected chi connectivity index (χ1v) is 11.5. The monoisotopic (exact) mass is 432 g/mol. The quantitative estimate of drug-likeness (QED) is 0.259. The predicted octanol–water partition coefficient (Wildman–Crippen LogP) is 7.17. The second-order valence-corrected chi connectivity index (χ2v) is 9.62. The number of furan rings is 1. The van der Waals surface area contributed by atoms with Gasteiger partial charge in [-0.05, 0) is 70.5 Å². The second-order valence-electron chi connectivity index (χ2n) is 9.21. The average molecular weight is 433 g/mol. The molecule has 0 amide bonds. The van der Waals surface area contributed by atoms with Crippen LogP contribution in [0.3, 0.4) is 0 Å². The number of carbonyl (C=O) groups excluding carboxylic acids is 1. The van der Waals surface area contributed by atoms with Crippen molar-refractivity contribution in [2.75, 3.05) is 0 Å². The van der Waals surface area contributed by atoms with Crippen molar-refractivity contribution >= 4 is 39.8 Å². The molecular formula is C29H17ClO2. The lowest BCUT2D eigenvalue weighted by molar-refractivity contribution is 0.103. The fourth-order valence-electron chi connectivity index (χ4n) is 6.28. The topological polar surface area (TPSA) is 30.2 Å². The van der Waals surface area contributed by atoms with E-state index in [2.05, 4.69) is 48.6 Å². The van der Waals surface area contributed by atoms with E-state index in [1.54, 1.807) is 0 Å². The molecule has 4 aromatic rings. The van der Waals surface area contributed by atoms with Gasteiger partial charge in [-0.15, -0.1) is 0 Å². The molecule has 3 heteroatoms. The SMILES string of the molecule is O=C1C2=C(c3c1cc(Cl)c1c3Cc3cc4ccccc4cc3-1)c1c(oc3c1CCC=C3)C2. The number of hydrogen-bond donors (Lipinski definition) is 0. The van der Waals surface area contributed by atoms with Crippen molar-refractivity contribution in [3.63, 3.8) is 0 Å². The molecule has 0 radical (unpaired) electrons. The molecule has 0 N–H and O–H groups in total. The largest absolute Gasteiger partial charge is 0.460 e. The van der Waals surface area contributed by atoms with Gasteiger partial charge < -0.3 is 4.42 Å². The van der Waals surface area contributed by atoms with Gasteiger partial charge >= 0.3 is 0 Å². The summed E-state index contributed by atoms with van der Waals surface area (Å²) < 4.78 is 6.20. The summed E-state index contributed by atoms with van der Waals surface area (Å²) in [4.78, 5) is 13.5. The molecular weight excluding hydrogens is 416 g/mol. The number of hydrogen-bond acceptors (Lipinski definition) is 2. The minimum absolute atomic E-state index is 0.118. The van der Waals surface area contributed by atoms with E-state index >= 15 is 0 Å². The van der Waals surface area contributed by atoms with Crippen molar-refractivity contribution < 1.29 is 9.21 Å². The Morgan fingerprint density at radius 3 is 2.59 bits per heavy atom. The van der Waals surface area contributed by atoms with Gasteiger partial charge in [-0.3, -0.25) is 4.79 Å². The van der Waals surface area contributed by atoms with Crippen LogP contribution in [0, 0.1) is 0 Å². The van der Waals surface area contributed by atoms with Crippen LogP contribution < -0.4 is 0 Å². The van der Waals surface area contributed by atoms with E-state index in [0.717, 1.165) is 58.6 Å². The number of ketones is 1. The molecule has 0 bridgehead atoms. The van der Waals surface area contributed by atoms with Crippen LogP contribution in [0.1, 0.15) is 56.1 Å². The molecule has 0 fully saturated rings. The normalized spacial score (nSPS) is 16.8. The van der Waals surface area contributed by atoms with Gasteiger partial charge in [0, 0.05) is 44.8 Å². The zero-order valence-corrected chi connectivity index (χ0v) is 18.0. The number of rotatable bonds is 0. The Bertz CT molecular complexity index is 1640. The molecule has 2 nitrogen and oxygen atoms in total. The highest BCUT2D eigenvalue weighted by Crippen LogP contribution is 2.55. The van der Waals surface area contributed by atoms with Gasteiger partial charge in [-0.1, -0.05) is 48.0 Å². The fourth-order valence-corrected chi connectivity index (χ4v) is 6.60. The van der Waals surface area contributed by atoms with Crippen molar-refractivity contribution in [1.82, 2.24) is 0 Å². The van der Waals surface area contributed by atoms with E-state index in [1.165, 1.54) is 38.6 Å². The summed E-state index contributed by atoms with van der Waals surface area (Å²) in [5.41, 5.74) is 11.1. The van der Waals surface area contributed by atoms with Gasteiger partial charge in [-0.25, -0.2) is 0 Å². The van der Waals surface area contributed by atoms with Crippen molar-refractivity contribution in [3.8, 4) is 11.1 Å². The Hall–Kier alpha value is -3.36. The summed E-state index contributed by atoms with van der Waals surface area (Å²) in [6.45, 7) is 0. The van der Waals surface area contributed by atoms with Crippen LogP contribution in [0.25, 0.3) is 33.5 Å². The number of allylic oxidation sites excluding steroid dienone is 2. The molecule has 32 heavy (non-hydrogen) atoms. The highest BCUT2D eigenvalue weighted by molar-refractivity contribution is 6.36. The smallest absolute Gasteiger partial charge is 0.190 e. The van der Waals surface area contributed by atoms with Crippen molar-refractivity contribution in [1.29, 1.82) is 0 Å². The van der Waals surface area contributed by atoms with Crippen LogP contribution in [0.5, 0.6) is 0 Å². The second kappa shape index (κ2) is 5.70. The lowest BCUT2D eigenvalue weighted by Crippen LogP contribution is -2.03. The average Bonchev–Trinajstić information content (AvgIpc) is 3.51. The highest BCUT2D eigenvalue weighted by atomic mass is 35.5. The minimum Gasteiger partial charge on any atom is -0.460 e. The van der Waals surface area contributed by atoms with E-state index in [0.29, 0.717) is 11.4 Å². The molecule has 0 atom stereocenters. The van der Waals surface area contributed by atoms with Crippen LogP contribution in [-0.2, 0) is 19.3 Å². The molecule has 8 rings (SSSR count). The van der Waals surface area contributed by atoms with E-state index in [4.69, 9.17) is 16.0 Å². The molecule has 1 heterocycles. The first-order valence-electron chi connectivity index (χ1n) is 11.2. The maximum absolute atomic E-state index is 13.5. The molecule has 3 aromatic carbocycles. The molecule has 4 aliphatic carbocycles. The molecule has 1 aromatic heterocycles. The Morgan fingerprint density at radius 1 is 0.875 bits per heavy atom. The van der Waals surface area contributed by atoms with Crippen molar-refractivity contribution in [2.24, 2.45) is 0 Å². The molecule has 0 saturated heterocycles. The van der Waals surface area contributed by atoms with E-state index < -0.39 is 0 Å². The summed E-state index contributed by atoms with van der Waals surface area (Å²) in [6.07, 6.45) is 7.62. The number of Topliss-reactive ketones (excluding diaryl/α,β-unsaturated/α-hetero) is 1. The van der Waals surface area contributed by atoms with Crippen LogP contribution in [-0.4, -0.2) is 5.78 Å². The summed E-state index contributed by atoms with van der Waals surface area (Å²) >= 11 is 6.85. The van der Waals surface area contributed by atoms with E-state index in [1.807, 2.05) is 6.07 Å². The van der Waals surface area contributed by atoms with E-state index in [-0.39, 0.29) is 5.78 Å². The Morgan fingerprint density at radius 2 is 1.72 bits per heavy atom. The van der Waals surface area contributed by atoms with Crippen LogP contribution >= 0.6 is 11.6 Å². The third-order valence-electron chi connectivity index (χ3n) is 7.59. The number of halogens is 1. The van der Waals surface area contributed by atoms with Crippen molar-refractivity contribution in [3.05, 3.63) is 104 Å². The van der Waals surface area contributed by atoms with Gasteiger partial charge in [0.05, 0.1) is 0 Å². The Labute approximate surface area is 189 Å². The number of benzene rings is 3. The molecule has 0 unspecified atom stereocenters. The number of carbonyl (C=O) groups is 1. The summed E-state index contributed by atoms with van der Waals surface area (Å²) in [5, 5.41) is 3.13. The van der Waals surface area contributed by atoms with Gasteiger partial charge in [0.25, 0.3) is 0 Å². The fraction of sp³-hybridized carbons (Fsp3) is 0.138. The van der Waals surface area contributed by atoms with Gasteiger partial charge in [-0.2, -0.15) is 0 Å². The molecule has 0 spiro atoms. The predicted molar refractivity (Wildman–Crippen MR) is 127 cm³/mol. The number of fused-ring (bicyclic) bond motifs is 11. The summed E-state index contributed by atoms with van der Waals surface area (Å²) in [7, 11) is 0. The summed E-state index contributed by atoms with van der Waals surface area (Å²) in [5.74, 6) is 2.04. The molecule has 152 valence electrons. The first kappa shape index (κ1) is 17.2. The molecule has 0 aliphatic heterocycles. The third kappa shape index (κ3) is 1.96. The maximum atomic E-state index is 13.5. The summed E-state index contributed by atoms with van der Waals surface area (Å²) in [6, 6.07) is 14.9. The van der Waals surface area contributed by atoms with Gasteiger partial charge in [0.1, 0.15) is 11.5 Å². The van der Waals surface area contributed by atoms with Gasteiger partial charge in [0.2, 0.25) is 0 Å². The first-order chi connectivity index (χ1) is 15.7. The lowest BCUT2D eigenvalue weighted by Gasteiger charge is -2.14. The lowest BCUT2D eigenvalue weighted by atomic mass is 9.88. The zero-order valence-electron chi connectivity index (χ0n) is 17.2. The van der Waals surface area contributed by atoms with Crippen LogP contribution in [0.15, 0.2) is 58.5 Å². The Kier molecular flexibility index (Phi) is 3.07. The highest BCUT2D eigenvalue weighted by Gasteiger charge is 2.43. The molecule has 0 saturated carbocycles. The van der Waals surface area contributed by atoms with Crippen molar-refractivity contribution in [2.45, 2.75) is 25.7 Å². The standard InChI is InChI=1S/C29H17ClO2/c30-22-12-20-26(19-11-16-9-14-5-1-2-6-15(14)10-18(16)25(19)22)28-21(29(20)31)13-24-27(28)17-7-3-4-8-23(17)32-24/h1-2,4-6,8-10,12H,3,7,11,13H2. The van der Waals surface area contributed by atoms with Crippen LogP contribution in [0.4, 0.5) is 0 Å². The minimum atomic E-state index is 0.118. The van der Waals surface area contributed by atoms with Crippen LogP contribution in [0.2, 0.25) is 5.02 Å². The maximum Gasteiger partial charge on any atom is 0.190 e. The van der Waals surface area contributed by atoms with Gasteiger partial charge in [0.15, 0.2) is 5.78 Å². The molecule has 4 aliphatic rings. The zero-order chi connectivity index (χ0) is 21.1. The third-order valence-corrected chi connectivity index (χ3v) is 7.89. The van der Waals surface area contributed by atoms with E-state index in [9.17, 15) is 4.79 Å². The Balaban J connectivity index is 1.42.